The molecule has 11 nitrogen and oxygen atoms in total. The van der Waals surface area contributed by atoms with Crippen molar-refractivity contribution >= 4 is 25.7 Å². The molecule has 3 unspecified atom stereocenters. The van der Waals surface area contributed by atoms with Gasteiger partial charge in [-0.15, -0.1) is 0 Å². The maximum atomic E-state index is 12.9. The quantitative estimate of drug-likeness (QED) is 0.0197. The van der Waals surface area contributed by atoms with Crippen molar-refractivity contribution in [2.24, 2.45) is 0 Å². The lowest BCUT2D eigenvalue weighted by Crippen LogP contribution is -2.30. The predicted octanol–water partition coefficient (Wildman–Crippen LogP) is 16.5. The van der Waals surface area contributed by atoms with Crippen LogP contribution in [-0.4, -0.2) is 66.5 Å². The van der Waals surface area contributed by atoms with Gasteiger partial charge in [-0.25, -0.2) is 4.57 Å². The highest BCUT2D eigenvalue weighted by molar-refractivity contribution is 7.47. The number of phosphoric ester groups is 1. The summed E-state index contributed by atoms with van der Waals surface area (Å²) in [5.74, 6) is -1.45. The van der Waals surface area contributed by atoms with E-state index in [-0.39, 0.29) is 25.9 Å². The van der Waals surface area contributed by atoms with Gasteiger partial charge in [0.1, 0.15) is 12.7 Å². The van der Waals surface area contributed by atoms with Crippen LogP contribution in [0.1, 0.15) is 290 Å². The summed E-state index contributed by atoms with van der Waals surface area (Å²) in [5.41, 5.74) is 0. The molecule has 0 aromatic rings. The first kappa shape index (κ1) is 66.2. The van der Waals surface area contributed by atoms with Crippen molar-refractivity contribution in [3.05, 3.63) is 12.2 Å². The number of carbonyl (C=O) groups excluding carboxylic acids is 3. The number of unbranched alkanes of at least 4 members (excludes halogenated alkanes) is 35. The molecular weight excluding hydrogens is 880 g/mol. The monoisotopic (exact) mass is 987 g/mol. The Morgan fingerprint density at radius 2 is 0.676 bits per heavy atom. The molecule has 12 heteroatoms. The fourth-order valence-corrected chi connectivity index (χ4v) is 9.08. The van der Waals surface area contributed by atoms with E-state index in [1.54, 1.807) is 0 Å². The van der Waals surface area contributed by atoms with Crippen LogP contribution in [0.3, 0.4) is 0 Å². The number of esters is 3. The van der Waals surface area contributed by atoms with Crippen molar-refractivity contribution in [2.45, 2.75) is 303 Å². The van der Waals surface area contributed by atoms with E-state index in [4.69, 9.17) is 23.3 Å². The Morgan fingerprint density at radius 3 is 1.01 bits per heavy atom. The Hall–Kier alpha value is -1.78. The summed E-state index contributed by atoms with van der Waals surface area (Å²) in [6.45, 7) is 4.67. The van der Waals surface area contributed by atoms with Crippen LogP contribution in [-0.2, 0) is 42.2 Å². The van der Waals surface area contributed by atoms with E-state index in [0.717, 1.165) is 77.0 Å². The minimum Gasteiger partial charge on any atom is -0.462 e. The molecule has 0 aliphatic carbocycles. The molecule has 402 valence electrons. The topological polar surface area (TPSA) is 155 Å². The number of hydrogen-bond donors (Lipinski definition) is 2. The SMILES string of the molecule is CCCCCCCC/C=C\CCCCCCCC(=O)OC(COC(=O)CCCCCCCCCCCCCCCCC)COP(=O)(O)OCC(CO)OC(=O)CCCCCCCCCCCCC. The third-order valence-corrected chi connectivity index (χ3v) is 13.6. The molecule has 0 bridgehead atoms. The van der Waals surface area contributed by atoms with Crippen LogP contribution >= 0.6 is 7.82 Å². The maximum absolute atomic E-state index is 12.9. The van der Waals surface area contributed by atoms with Crippen LogP contribution in [0.2, 0.25) is 0 Å². The smallest absolute Gasteiger partial charge is 0.462 e. The first-order valence-electron chi connectivity index (χ1n) is 28.6. The standard InChI is InChI=1S/C56H107O11P/c1-4-7-10-13-16-19-22-24-26-28-31-33-36-39-42-45-54(58)63-49-53(67-56(60)47-44-41-38-35-32-29-27-25-23-20-17-14-11-8-5-2)51-65-68(61,62)64-50-52(48-57)66-55(59)46-43-40-37-34-30-21-18-15-12-9-6-3/h25,27,52-53,57H,4-24,26,28-51H2,1-3H3,(H,61,62)/b27-25-. The van der Waals surface area contributed by atoms with Crippen LogP contribution < -0.4 is 0 Å². The van der Waals surface area contributed by atoms with Gasteiger partial charge in [-0.3, -0.25) is 23.4 Å². The van der Waals surface area contributed by atoms with Gasteiger partial charge in [0.25, 0.3) is 0 Å². The Bertz CT molecular complexity index is 1200. The van der Waals surface area contributed by atoms with Crippen LogP contribution in [0.5, 0.6) is 0 Å². The molecule has 0 aliphatic heterocycles. The molecule has 0 saturated heterocycles. The Labute approximate surface area is 417 Å². The second-order valence-corrected chi connectivity index (χ2v) is 20.9. The van der Waals surface area contributed by atoms with E-state index in [9.17, 15) is 28.9 Å². The molecule has 0 rings (SSSR count). The number of phosphoric acid groups is 1. The average molecular weight is 987 g/mol. The number of carbonyl (C=O) groups is 3. The minimum absolute atomic E-state index is 0.164. The lowest BCUT2D eigenvalue weighted by atomic mass is 10.0. The molecule has 0 aromatic carbocycles. The number of aliphatic hydroxyl groups excluding tert-OH is 1. The van der Waals surface area contributed by atoms with Gasteiger partial charge in [0.2, 0.25) is 0 Å². The van der Waals surface area contributed by atoms with E-state index in [1.165, 1.54) is 154 Å². The van der Waals surface area contributed by atoms with Crippen molar-refractivity contribution < 1.29 is 52.2 Å². The summed E-state index contributed by atoms with van der Waals surface area (Å²) >= 11 is 0. The van der Waals surface area contributed by atoms with Gasteiger partial charge in [0.15, 0.2) is 6.10 Å². The lowest BCUT2D eigenvalue weighted by Gasteiger charge is -2.21. The van der Waals surface area contributed by atoms with Crippen molar-refractivity contribution in [3.8, 4) is 0 Å². The summed E-state index contributed by atoms with van der Waals surface area (Å²) in [6.07, 6.45) is 48.8. The largest absolute Gasteiger partial charge is 0.472 e. The molecule has 0 aromatic heterocycles. The fourth-order valence-electron chi connectivity index (χ4n) is 8.29. The zero-order valence-corrected chi connectivity index (χ0v) is 45.2. The molecule has 68 heavy (non-hydrogen) atoms. The minimum atomic E-state index is -4.73. The molecule has 0 amide bonds. The Balaban J connectivity index is 4.70. The van der Waals surface area contributed by atoms with Crippen LogP contribution in [0.15, 0.2) is 12.2 Å². The Kier molecular flexibility index (Phi) is 50.2. The zero-order valence-electron chi connectivity index (χ0n) is 44.4. The van der Waals surface area contributed by atoms with Gasteiger partial charge in [-0.05, 0) is 44.9 Å². The van der Waals surface area contributed by atoms with Gasteiger partial charge < -0.3 is 24.2 Å². The Morgan fingerprint density at radius 1 is 0.397 bits per heavy atom. The first-order chi connectivity index (χ1) is 33.2. The van der Waals surface area contributed by atoms with E-state index in [0.29, 0.717) is 19.3 Å². The van der Waals surface area contributed by atoms with Gasteiger partial charge in [-0.1, -0.05) is 238 Å². The van der Waals surface area contributed by atoms with Gasteiger partial charge >= 0.3 is 25.7 Å². The number of aliphatic hydroxyl groups is 1. The molecule has 0 saturated carbocycles. The maximum Gasteiger partial charge on any atom is 0.472 e. The highest BCUT2D eigenvalue weighted by Gasteiger charge is 2.28. The van der Waals surface area contributed by atoms with Gasteiger partial charge in [-0.2, -0.15) is 0 Å². The number of ether oxygens (including phenoxy) is 3. The number of rotatable bonds is 54. The summed E-state index contributed by atoms with van der Waals surface area (Å²) in [7, 11) is -4.73. The average Bonchev–Trinajstić information content (AvgIpc) is 3.32. The molecule has 0 radical (unpaired) electrons. The first-order valence-corrected chi connectivity index (χ1v) is 30.1. The third kappa shape index (κ3) is 49.2. The molecular formula is C56H107O11P. The summed E-state index contributed by atoms with van der Waals surface area (Å²) in [4.78, 5) is 48.4. The molecule has 0 spiro atoms. The van der Waals surface area contributed by atoms with E-state index < -0.39 is 57.8 Å². The van der Waals surface area contributed by atoms with E-state index in [2.05, 4.69) is 32.9 Å². The van der Waals surface area contributed by atoms with E-state index in [1.807, 2.05) is 0 Å². The van der Waals surface area contributed by atoms with Crippen LogP contribution in [0.25, 0.3) is 0 Å². The van der Waals surface area contributed by atoms with Crippen molar-refractivity contribution in [1.29, 1.82) is 0 Å². The third-order valence-electron chi connectivity index (χ3n) is 12.7. The second kappa shape index (κ2) is 51.6. The van der Waals surface area contributed by atoms with Crippen molar-refractivity contribution in [1.82, 2.24) is 0 Å². The van der Waals surface area contributed by atoms with Crippen molar-refractivity contribution in [3.63, 3.8) is 0 Å². The number of allylic oxidation sites excluding steroid dienone is 2. The second-order valence-electron chi connectivity index (χ2n) is 19.5. The van der Waals surface area contributed by atoms with Gasteiger partial charge in [0, 0.05) is 19.3 Å². The number of hydrogen-bond acceptors (Lipinski definition) is 10. The fraction of sp³-hybridized carbons (Fsp3) is 0.911. The summed E-state index contributed by atoms with van der Waals surface area (Å²) < 4.78 is 39.5. The predicted molar refractivity (Wildman–Crippen MR) is 280 cm³/mol. The lowest BCUT2D eigenvalue weighted by molar-refractivity contribution is -0.161. The molecule has 0 fully saturated rings. The molecule has 2 N–H and O–H groups in total. The summed E-state index contributed by atoms with van der Waals surface area (Å²) in [6, 6.07) is 0. The van der Waals surface area contributed by atoms with E-state index >= 15 is 0 Å². The highest BCUT2D eigenvalue weighted by atomic mass is 31.2. The molecule has 0 aliphatic rings. The van der Waals surface area contributed by atoms with Crippen LogP contribution in [0, 0.1) is 0 Å². The van der Waals surface area contributed by atoms with Crippen molar-refractivity contribution in [2.75, 3.05) is 26.4 Å². The van der Waals surface area contributed by atoms with Crippen LogP contribution in [0.4, 0.5) is 0 Å². The normalized spacial score (nSPS) is 13.4. The molecule has 0 heterocycles. The zero-order chi connectivity index (χ0) is 49.9. The molecule has 3 atom stereocenters. The highest BCUT2D eigenvalue weighted by Crippen LogP contribution is 2.43. The van der Waals surface area contributed by atoms with Gasteiger partial charge in [0.05, 0.1) is 19.8 Å². The summed E-state index contributed by atoms with van der Waals surface area (Å²) in [5, 5.41) is 9.78.